The molecule has 1 N–H and O–H groups in total. The number of amides is 1. The van der Waals surface area contributed by atoms with Crippen molar-refractivity contribution in [3.05, 3.63) is 35.1 Å². The van der Waals surface area contributed by atoms with Gasteiger partial charge in [0.25, 0.3) is 5.91 Å². The van der Waals surface area contributed by atoms with E-state index in [0.29, 0.717) is 18.7 Å². The molecule has 2 rings (SSSR count). The summed E-state index contributed by atoms with van der Waals surface area (Å²) in [7, 11) is 0. The molecule has 0 aliphatic carbocycles. The van der Waals surface area contributed by atoms with Crippen LogP contribution < -0.4 is 0 Å². The lowest BCUT2D eigenvalue weighted by atomic mass is 10.0. The van der Waals surface area contributed by atoms with Crippen molar-refractivity contribution in [1.29, 1.82) is 0 Å². The largest absolute Gasteiger partial charge is 0.393 e. The van der Waals surface area contributed by atoms with E-state index >= 15 is 0 Å². The average Bonchev–Trinajstić information content (AvgIpc) is 2.81. The molecule has 0 aromatic heterocycles. The number of carbonyl (C=O) groups excluding carboxylic acids is 1. The number of hydrogen-bond acceptors (Lipinski definition) is 2. The minimum absolute atomic E-state index is 0.0989. The van der Waals surface area contributed by atoms with Crippen molar-refractivity contribution in [2.24, 2.45) is 5.92 Å². The van der Waals surface area contributed by atoms with Crippen LogP contribution in [-0.4, -0.2) is 35.1 Å². The van der Waals surface area contributed by atoms with Crippen LogP contribution in [0.4, 0.5) is 4.39 Å². The first-order valence-corrected chi connectivity index (χ1v) is 6.23. The number of benzene rings is 1. The van der Waals surface area contributed by atoms with Crippen molar-refractivity contribution < 1.29 is 14.3 Å². The van der Waals surface area contributed by atoms with Gasteiger partial charge in [0.05, 0.1) is 11.7 Å². The van der Waals surface area contributed by atoms with Gasteiger partial charge in [-0.15, -0.1) is 0 Å². The summed E-state index contributed by atoms with van der Waals surface area (Å²) in [5, 5.41) is 9.51. The van der Waals surface area contributed by atoms with Crippen molar-refractivity contribution in [3.63, 3.8) is 0 Å². The Balaban J connectivity index is 2.16. The fourth-order valence-electron chi connectivity index (χ4n) is 2.35. The number of aryl methyl sites for hydroxylation is 1. The van der Waals surface area contributed by atoms with Gasteiger partial charge in [-0.2, -0.15) is 0 Å². The summed E-state index contributed by atoms with van der Waals surface area (Å²) in [5.74, 6) is -0.621. The molecule has 2 unspecified atom stereocenters. The monoisotopic (exact) mass is 251 g/mol. The molecule has 18 heavy (non-hydrogen) atoms. The Morgan fingerprint density at radius 2 is 2.28 bits per heavy atom. The third-order valence-corrected chi connectivity index (χ3v) is 3.62. The average molecular weight is 251 g/mol. The molecule has 1 heterocycles. The third kappa shape index (κ3) is 2.38. The van der Waals surface area contributed by atoms with Crippen LogP contribution in [0, 0.1) is 18.7 Å². The van der Waals surface area contributed by atoms with Gasteiger partial charge in [-0.05, 0) is 31.9 Å². The fourth-order valence-corrected chi connectivity index (χ4v) is 2.35. The van der Waals surface area contributed by atoms with Crippen LogP contribution in [0.5, 0.6) is 0 Å². The molecule has 1 saturated heterocycles. The molecule has 0 bridgehead atoms. The van der Waals surface area contributed by atoms with E-state index in [4.69, 9.17) is 0 Å². The van der Waals surface area contributed by atoms with Gasteiger partial charge in [0.1, 0.15) is 5.82 Å². The first-order chi connectivity index (χ1) is 8.50. The maximum Gasteiger partial charge on any atom is 0.256 e. The fraction of sp³-hybridized carbons (Fsp3) is 0.500. The summed E-state index contributed by atoms with van der Waals surface area (Å²) in [6.07, 6.45) is 0.349. The smallest absolute Gasteiger partial charge is 0.256 e. The second-order valence-corrected chi connectivity index (χ2v) is 4.98. The lowest BCUT2D eigenvalue weighted by Crippen LogP contribution is -2.31. The molecule has 1 fully saturated rings. The first kappa shape index (κ1) is 13.0. The maximum atomic E-state index is 13.9. The van der Waals surface area contributed by atoms with E-state index in [1.54, 1.807) is 30.9 Å². The Morgan fingerprint density at radius 1 is 1.56 bits per heavy atom. The Morgan fingerprint density at radius 3 is 2.89 bits per heavy atom. The van der Waals surface area contributed by atoms with Crippen LogP contribution >= 0.6 is 0 Å². The summed E-state index contributed by atoms with van der Waals surface area (Å²) < 4.78 is 13.9. The molecule has 1 aromatic rings. The molecule has 1 amide bonds. The van der Waals surface area contributed by atoms with E-state index in [9.17, 15) is 14.3 Å². The standard InChI is InChI=1S/C14H18FNO2/c1-9-4-3-5-12(13(9)15)14(18)16-7-6-11(8-16)10(2)17/h3-5,10-11,17H,6-8H2,1-2H3. The van der Waals surface area contributed by atoms with Gasteiger partial charge < -0.3 is 10.0 Å². The summed E-state index contributed by atoms with van der Waals surface area (Å²) in [4.78, 5) is 13.8. The molecule has 2 atom stereocenters. The summed E-state index contributed by atoms with van der Waals surface area (Å²) in [6.45, 7) is 4.46. The second kappa shape index (κ2) is 5.06. The normalized spacial score (nSPS) is 21.1. The van der Waals surface area contributed by atoms with Crippen molar-refractivity contribution >= 4 is 5.91 Å². The zero-order valence-electron chi connectivity index (χ0n) is 10.7. The number of aliphatic hydroxyl groups excluding tert-OH is 1. The number of hydrogen-bond donors (Lipinski definition) is 1. The van der Waals surface area contributed by atoms with Gasteiger partial charge in [0.15, 0.2) is 0 Å². The zero-order valence-corrected chi connectivity index (χ0v) is 10.7. The summed E-state index contributed by atoms with van der Waals surface area (Å²) >= 11 is 0. The Labute approximate surface area is 106 Å². The topological polar surface area (TPSA) is 40.5 Å². The van der Waals surface area contributed by atoms with E-state index in [1.165, 1.54) is 6.07 Å². The number of rotatable bonds is 2. The number of carbonyl (C=O) groups is 1. The summed E-state index contributed by atoms with van der Waals surface area (Å²) in [5.41, 5.74) is 0.605. The molecule has 0 spiro atoms. The highest BCUT2D eigenvalue weighted by Gasteiger charge is 2.30. The van der Waals surface area contributed by atoms with Crippen LogP contribution in [0.1, 0.15) is 29.3 Å². The lowest BCUT2D eigenvalue weighted by Gasteiger charge is -2.18. The van der Waals surface area contributed by atoms with Crippen molar-refractivity contribution in [3.8, 4) is 0 Å². The Kier molecular flexibility index (Phi) is 3.66. The first-order valence-electron chi connectivity index (χ1n) is 6.23. The third-order valence-electron chi connectivity index (χ3n) is 3.62. The minimum atomic E-state index is -0.442. The van der Waals surface area contributed by atoms with Crippen molar-refractivity contribution in [1.82, 2.24) is 4.90 Å². The minimum Gasteiger partial charge on any atom is -0.393 e. The predicted octanol–water partition coefficient (Wildman–Crippen LogP) is 1.98. The van der Waals surface area contributed by atoms with Gasteiger partial charge in [0.2, 0.25) is 0 Å². The van der Waals surface area contributed by atoms with Gasteiger partial charge >= 0.3 is 0 Å². The van der Waals surface area contributed by atoms with Crippen molar-refractivity contribution in [2.75, 3.05) is 13.1 Å². The predicted molar refractivity (Wildman–Crippen MR) is 66.8 cm³/mol. The van der Waals surface area contributed by atoms with Crippen LogP contribution in [0.25, 0.3) is 0 Å². The van der Waals surface area contributed by atoms with Gasteiger partial charge in [-0.3, -0.25) is 4.79 Å². The van der Waals surface area contributed by atoms with E-state index in [2.05, 4.69) is 0 Å². The second-order valence-electron chi connectivity index (χ2n) is 4.98. The molecule has 0 radical (unpaired) electrons. The van der Waals surface area contributed by atoms with E-state index < -0.39 is 11.9 Å². The Bertz CT molecular complexity index is 459. The number of likely N-dealkylation sites (tertiary alicyclic amines) is 1. The maximum absolute atomic E-state index is 13.9. The highest BCUT2D eigenvalue weighted by Crippen LogP contribution is 2.23. The molecule has 1 aliphatic rings. The van der Waals surface area contributed by atoms with E-state index in [0.717, 1.165) is 6.42 Å². The molecular weight excluding hydrogens is 233 g/mol. The highest BCUT2D eigenvalue weighted by atomic mass is 19.1. The number of halogens is 1. The molecule has 4 heteroatoms. The van der Waals surface area contributed by atoms with Crippen molar-refractivity contribution in [2.45, 2.75) is 26.4 Å². The molecule has 1 aliphatic heterocycles. The molecule has 1 aromatic carbocycles. The van der Waals surface area contributed by atoms with Gasteiger partial charge in [-0.1, -0.05) is 12.1 Å². The van der Waals surface area contributed by atoms with Crippen LogP contribution in [0.2, 0.25) is 0 Å². The van der Waals surface area contributed by atoms with Gasteiger partial charge in [0, 0.05) is 19.0 Å². The quantitative estimate of drug-likeness (QED) is 0.873. The van der Waals surface area contributed by atoms with E-state index in [-0.39, 0.29) is 17.4 Å². The van der Waals surface area contributed by atoms with E-state index in [1.807, 2.05) is 0 Å². The van der Waals surface area contributed by atoms with Crippen LogP contribution in [0.15, 0.2) is 18.2 Å². The lowest BCUT2D eigenvalue weighted by molar-refractivity contribution is 0.0758. The Hall–Kier alpha value is -1.42. The summed E-state index contributed by atoms with van der Waals surface area (Å²) in [6, 6.07) is 4.85. The molecule has 3 nitrogen and oxygen atoms in total. The van der Waals surface area contributed by atoms with Crippen LogP contribution in [0.3, 0.4) is 0 Å². The molecule has 98 valence electrons. The molecular formula is C14H18FNO2. The SMILES string of the molecule is Cc1cccc(C(=O)N2CCC(C(C)O)C2)c1F. The highest BCUT2D eigenvalue weighted by molar-refractivity contribution is 5.94. The van der Waals surface area contributed by atoms with Crippen LogP contribution in [-0.2, 0) is 0 Å². The zero-order chi connectivity index (χ0) is 13.3. The number of aliphatic hydroxyl groups is 1. The van der Waals surface area contributed by atoms with Gasteiger partial charge in [-0.25, -0.2) is 4.39 Å². The molecule has 0 saturated carbocycles. The number of nitrogens with zero attached hydrogens (tertiary/aromatic N) is 1.